The van der Waals surface area contributed by atoms with Crippen LogP contribution in [0.15, 0.2) is 84.9 Å². The molecule has 142 valence electrons. The first-order valence-corrected chi connectivity index (χ1v) is 9.57. The SMILES string of the molecule is CN(C(=S)Nc1ccccc1)c1ccccc1C(=O)NCCc1ccccc1. The summed E-state index contributed by atoms with van der Waals surface area (Å²) in [4.78, 5) is 14.6. The van der Waals surface area contributed by atoms with Crippen LogP contribution in [0.5, 0.6) is 0 Å². The Kier molecular flexibility index (Phi) is 6.76. The number of para-hydroxylation sites is 2. The van der Waals surface area contributed by atoms with Crippen molar-refractivity contribution in [1.82, 2.24) is 5.32 Å². The van der Waals surface area contributed by atoms with Gasteiger partial charge in [0.05, 0.1) is 11.3 Å². The van der Waals surface area contributed by atoms with Crippen molar-refractivity contribution in [3.63, 3.8) is 0 Å². The van der Waals surface area contributed by atoms with Crippen LogP contribution in [0.25, 0.3) is 0 Å². The van der Waals surface area contributed by atoms with Crippen LogP contribution in [-0.2, 0) is 6.42 Å². The molecule has 0 saturated heterocycles. The van der Waals surface area contributed by atoms with Gasteiger partial charge in [-0.25, -0.2) is 0 Å². The number of nitrogens with zero attached hydrogens (tertiary/aromatic N) is 1. The Bertz CT molecular complexity index is 929. The zero-order valence-corrected chi connectivity index (χ0v) is 16.6. The lowest BCUT2D eigenvalue weighted by atomic mass is 10.1. The predicted octanol–water partition coefficient (Wildman–Crippen LogP) is 4.49. The van der Waals surface area contributed by atoms with E-state index in [1.54, 1.807) is 0 Å². The fraction of sp³-hybridized carbons (Fsp3) is 0.130. The highest BCUT2D eigenvalue weighted by molar-refractivity contribution is 7.80. The van der Waals surface area contributed by atoms with Gasteiger partial charge in [-0.3, -0.25) is 4.79 Å². The largest absolute Gasteiger partial charge is 0.352 e. The van der Waals surface area contributed by atoms with E-state index >= 15 is 0 Å². The highest BCUT2D eigenvalue weighted by Gasteiger charge is 2.16. The third-order valence-corrected chi connectivity index (χ3v) is 4.76. The van der Waals surface area contributed by atoms with Gasteiger partial charge in [0, 0.05) is 19.3 Å². The lowest BCUT2D eigenvalue weighted by Gasteiger charge is -2.23. The van der Waals surface area contributed by atoms with E-state index in [0.717, 1.165) is 17.8 Å². The van der Waals surface area contributed by atoms with E-state index in [2.05, 4.69) is 22.8 Å². The number of rotatable bonds is 6. The van der Waals surface area contributed by atoms with E-state index in [0.29, 0.717) is 17.2 Å². The summed E-state index contributed by atoms with van der Waals surface area (Å²) in [6, 6.07) is 27.3. The quantitative estimate of drug-likeness (QED) is 0.610. The Morgan fingerprint density at radius 3 is 2.21 bits per heavy atom. The van der Waals surface area contributed by atoms with E-state index in [-0.39, 0.29) is 5.91 Å². The summed E-state index contributed by atoms with van der Waals surface area (Å²) >= 11 is 5.52. The molecule has 0 aliphatic rings. The second kappa shape index (κ2) is 9.67. The standard InChI is InChI=1S/C23H23N3OS/c1-26(23(28)25-19-12-6-3-7-13-19)21-15-9-8-14-20(21)22(27)24-17-16-18-10-4-2-5-11-18/h2-15H,16-17H2,1H3,(H,24,27)(H,25,28). The molecule has 3 rings (SSSR count). The molecule has 3 aromatic rings. The normalized spacial score (nSPS) is 10.2. The molecule has 0 bridgehead atoms. The summed E-state index contributed by atoms with van der Waals surface area (Å²) in [6.07, 6.45) is 0.790. The number of hydrogen-bond donors (Lipinski definition) is 2. The minimum absolute atomic E-state index is 0.110. The average molecular weight is 390 g/mol. The van der Waals surface area contributed by atoms with Gasteiger partial charge in [0.2, 0.25) is 0 Å². The molecule has 0 aliphatic carbocycles. The fourth-order valence-corrected chi connectivity index (χ4v) is 3.07. The molecule has 0 spiro atoms. The molecule has 28 heavy (non-hydrogen) atoms. The Balaban J connectivity index is 1.66. The number of amides is 1. The molecule has 0 radical (unpaired) electrons. The summed E-state index contributed by atoms with van der Waals surface area (Å²) in [5, 5.41) is 6.72. The minimum Gasteiger partial charge on any atom is -0.352 e. The summed E-state index contributed by atoms with van der Waals surface area (Å²) in [6.45, 7) is 0.577. The van der Waals surface area contributed by atoms with Crippen LogP contribution >= 0.6 is 12.2 Å². The molecule has 0 aromatic heterocycles. The van der Waals surface area contributed by atoms with Crippen LogP contribution in [0.3, 0.4) is 0 Å². The van der Waals surface area contributed by atoms with Crippen molar-refractivity contribution in [1.29, 1.82) is 0 Å². The topological polar surface area (TPSA) is 44.4 Å². The van der Waals surface area contributed by atoms with Gasteiger partial charge in [-0.2, -0.15) is 0 Å². The van der Waals surface area contributed by atoms with Gasteiger partial charge < -0.3 is 15.5 Å². The second-order valence-corrected chi connectivity index (χ2v) is 6.75. The molecule has 5 heteroatoms. The third-order valence-electron chi connectivity index (χ3n) is 4.38. The van der Waals surface area contributed by atoms with Crippen molar-refractivity contribution in [3.8, 4) is 0 Å². The van der Waals surface area contributed by atoms with E-state index in [9.17, 15) is 4.79 Å². The maximum absolute atomic E-state index is 12.7. The minimum atomic E-state index is -0.110. The molecule has 0 unspecified atom stereocenters. The van der Waals surface area contributed by atoms with Gasteiger partial charge in [-0.15, -0.1) is 0 Å². The zero-order chi connectivity index (χ0) is 19.8. The molecule has 1 amide bonds. The van der Waals surface area contributed by atoms with Crippen molar-refractivity contribution >= 4 is 34.6 Å². The molecular weight excluding hydrogens is 366 g/mol. The molecule has 0 heterocycles. The van der Waals surface area contributed by atoms with Gasteiger partial charge in [0.15, 0.2) is 5.11 Å². The molecule has 0 saturated carbocycles. The predicted molar refractivity (Wildman–Crippen MR) is 120 cm³/mol. The molecule has 3 aromatic carbocycles. The van der Waals surface area contributed by atoms with Gasteiger partial charge in [0.1, 0.15) is 0 Å². The first kappa shape index (κ1) is 19.6. The first-order valence-electron chi connectivity index (χ1n) is 9.16. The highest BCUT2D eigenvalue weighted by Crippen LogP contribution is 2.20. The fourth-order valence-electron chi connectivity index (χ4n) is 2.86. The van der Waals surface area contributed by atoms with Gasteiger partial charge in [0.25, 0.3) is 5.91 Å². The van der Waals surface area contributed by atoms with Crippen LogP contribution in [0.4, 0.5) is 11.4 Å². The van der Waals surface area contributed by atoms with Crippen LogP contribution in [0, 0.1) is 0 Å². The number of hydrogen-bond acceptors (Lipinski definition) is 2. The first-order chi connectivity index (χ1) is 13.6. The molecule has 2 N–H and O–H groups in total. The maximum atomic E-state index is 12.7. The van der Waals surface area contributed by atoms with E-state index in [4.69, 9.17) is 12.2 Å². The second-order valence-electron chi connectivity index (χ2n) is 6.36. The number of carbonyl (C=O) groups excluding carboxylic acids is 1. The maximum Gasteiger partial charge on any atom is 0.253 e. The molecular formula is C23H23N3OS. The van der Waals surface area contributed by atoms with Crippen molar-refractivity contribution in [2.24, 2.45) is 0 Å². The highest BCUT2D eigenvalue weighted by atomic mass is 32.1. The van der Waals surface area contributed by atoms with Crippen LogP contribution in [0.2, 0.25) is 0 Å². The number of carbonyl (C=O) groups is 1. The van der Waals surface area contributed by atoms with Crippen LogP contribution in [0.1, 0.15) is 15.9 Å². The van der Waals surface area contributed by atoms with Gasteiger partial charge >= 0.3 is 0 Å². The van der Waals surface area contributed by atoms with Crippen molar-refractivity contribution in [3.05, 3.63) is 96.1 Å². The van der Waals surface area contributed by atoms with Crippen molar-refractivity contribution < 1.29 is 4.79 Å². The Hall–Kier alpha value is -3.18. The van der Waals surface area contributed by atoms with Crippen LogP contribution < -0.4 is 15.5 Å². The summed E-state index contributed by atoms with van der Waals surface area (Å²) < 4.78 is 0. The average Bonchev–Trinajstić information content (AvgIpc) is 2.74. The van der Waals surface area contributed by atoms with Crippen molar-refractivity contribution in [2.45, 2.75) is 6.42 Å². The van der Waals surface area contributed by atoms with Gasteiger partial charge in [-0.1, -0.05) is 60.7 Å². The van der Waals surface area contributed by atoms with E-state index < -0.39 is 0 Å². The zero-order valence-electron chi connectivity index (χ0n) is 15.8. The summed E-state index contributed by atoms with van der Waals surface area (Å²) in [7, 11) is 1.86. The lowest BCUT2D eigenvalue weighted by molar-refractivity contribution is 0.0955. The van der Waals surface area contributed by atoms with E-state index in [1.165, 1.54) is 5.56 Å². The van der Waals surface area contributed by atoms with E-state index in [1.807, 2.05) is 84.7 Å². The molecule has 4 nitrogen and oxygen atoms in total. The Labute approximate surface area is 171 Å². The smallest absolute Gasteiger partial charge is 0.253 e. The molecule has 0 aliphatic heterocycles. The lowest BCUT2D eigenvalue weighted by Crippen LogP contribution is -2.34. The monoisotopic (exact) mass is 389 g/mol. The van der Waals surface area contributed by atoms with Crippen molar-refractivity contribution in [2.75, 3.05) is 23.8 Å². The number of benzene rings is 3. The van der Waals surface area contributed by atoms with Crippen LogP contribution in [-0.4, -0.2) is 24.6 Å². The molecule has 0 atom stereocenters. The molecule has 0 fully saturated rings. The van der Waals surface area contributed by atoms with Gasteiger partial charge in [-0.05, 0) is 48.5 Å². The number of anilines is 2. The summed E-state index contributed by atoms with van der Waals surface area (Å²) in [5.74, 6) is -0.110. The third kappa shape index (κ3) is 5.18. The number of nitrogens with one attached hydrogen (secondary N) is 2. The number of thiocarbonyl (C=S) groups is 1. The summed E-state index contributed by atoms with van der Waals surface area (Å²) in [5.41, 5.74) is 3.45. The Morgan fingerprint density at radius 1 is 0.893 bits per heavy atom. The Morgan fingerprint density at radius 2 is 1.50 bits per heavy atom.